The molecule has 0 saturated carbocycles. The number of nitrogens with one attached hydrogen (secondary N) is 1. The average molecular weight is 436 g/mol. The third-order valence-electron chi connectivity index (χ3n) is 4.24. The summed E-state index contributed by atoms with van der Waals surface area (Å²) in [5.74, 6) is -0.461. The van der Waals surface area contributed by atoms with E-state index < -0.39 is 5.91 Å². The van der Waals surface area contributed by atoms with Crippen molar-refractivity contribution in [3.05, 3.63) is 100 Å². The number of carbonyl (C=O) groups is 1. The first-order valence-electron chi connectivity index (χ1n) is 8.96. The van der Waals surface area contributed by atoms with Crippen molar-refractivity contribution >= 4 is 35.3 Å². The SMILES string of the molecule is O=C(N/N=C/c1cn(-c2ccccc2)nc1-c1cccnc1)c1cc(Cl)ccc1Cl. The lowest BCUT2D eigenvalue weighted by Gasteiger charge is -2.03. The van der Waals surface area contributed by atoms with E-state index in [1.165, 1.54) is 12.3 Å². The summed E-state index contributed by atoms with van der Waals surface area (Å²) in [6, 6.07) is 18.1. The van der Waals surface area contributed by atoms with Crippen molar-refractivity contribution in [3.8, 4) is 16.9 Å². The molecule has 0 radical (unpaired) electrons. The van der Waals surface area contributed by atoms with Crippen LogP contribution in [0, 0.1) is 0 Å². The molecule has 0 fully saturated rings. The summed E-state index contributed by atoms with van der Waals surface area (Å²) in [6.07, 6.45) is 6.78. The largest absolute Gasteiger partial charge is 0.272 e. The second kappa shape index (κ2) is 8.90. The van der Waals surface area contributed by atoms with Gasteiger partial charge in [0.25, 0.3) is 5.91 Å². The van der Waals surface area contributed by atoms with Crippen LogP contribution in [-0.2, 0) is 0 Å². The molecule has 0 atom stereocenters. The van der Waals surface area contributed by atoms with E-state index in [2.05, 4.69) is 20.6 Å². The van der Waals surface area contributed by atoms with Crippen LogP contribution in [0.5, 0.6) is 0 Å². The number of nitrogens with zero attached hydrogens (tertiary/aromatic N) is 4. The molecule has 4 rings (SSSR count). The van der Waals surface area contributed by atoms with Crippen molar-refractivity contribution in [2.45, 2.75) is 0 Å². The smallest absolute Gasteiger partial charge is 0.267 e. The molecule has 4 aromatic rings. The van der Waals surface area contributed by atoms with Gasteiger partial charge in [0.2, 0.25) is 0 Å². The minimum Gasteiger partial charge on any atom is -0.267 e. The zero-order valence-electron chi connectivity index (χ0n) is 15.5. The highest BCUT2D eigenvalue weighted by molar-refractivity contribution is 6.35. The van der Waals surface area contributed by atoms with Gasteiger partial charge in [0.1, 0.15) is 5.69 Å². The average Bonchev–Trinajstić information content (AvgIpc) is 3.21. The Balaban J connectivity index is 1.63. The normalized spacial score (nSPS) is 11.0. The molecule has 0 unspecified atom stereocenters. The van der Waals surface area contributed by atoms with Gasteiger partial charge in [-0.1, -0.05) is 41.4 Å². The first-order valence-corrected chi connectivity index (χ1v) is 9.71. The number of hydrogen-bond acceptors (Lipinski definition) is 4. The molecule has 1 N–H and O–H groups in total. The number of halogens is 2. The van der Waals surface area contributed by atoms with Crippen molar-refractivity contribution in [1.82, 2.24) is 20.2 Å². The van der Waals surface area contributed by atoms with Gasteiger partial charge >= 0.3 is 0 Å². The Morgan fingerprint density at radius 2 is 1.90 bits per heavy atom. The van der Waals surface area contributed by atoms with E-state index in [1.54, 1.807) is 29.2 Å². The van der Waals surface area contributed by atoms with Gasteiger partial charge in [-0.25, -0.2) is 10.1 Å². The van der Waals surface area contributed by atoms with Crippen molar-refractivity contribution in [3.63, 3.8) is 0 Å². The molecule has 0 spiro atoms. The lowest BCUT2D eigenvalue weighted by molar-refractivity contribution is 0.0955. The fourth-order valence-corrected chi connectivity index (χ4v) is 3.19. The fourth-order valence-electron chi connectivity index (χ4n) is 2.81. The van der Waals surface area contributed by atoms with Crippen molar-refractivity contribution in [2.75, 3.05) is 0 Å². The lowest BCUT2D eigenvalue weighted by atomic mass is 10.1. The number of carbonyl (C=O) groups excluding carboxylic acids is 1. The van der Waals surface area contributed by atoms with E-state index in [0.717, 1.165) is 11.3 Å². The number of aromatic nitrogens is 3. The molecule has 8 heteroatoms. The molecule has 2 aromatic heterocycles. The van der Waals surface area contributed by atoms with Crippen LogP contribution in [0.4, 0.5) is 0 Å². The predicted octanol–water partition coefficient (Wildman–Crippen LogP) is 5.01. The molecule has 2 heterocycles. The summed E-state index contributed by atoms with van der Waals surface area (Å²) in [4.78, 5) is 16.6. The minimum absolute atomic E-state index is 0.244. The summed E-state index contributed by atoms with van der Waals surface area (Å²) >= 11 is 12.0. The van der Waals surface area contributed by atoms with Gasteiger partial charge in [-0.05, 0) is 42.5 Å². The molecule has 30 heavy (non-hydrogen) atoms. The van der Waals surface area contributed by atoms with Gasteiger partial charge in [-0.2, -0.15) is 10.2 Å². The van der Waals surface area contributed by atoms with Crippen LogP contribution in [0.15, 0.2) is 84.4 Å². The lowest BCUT2D eigenvalue weighted by Crippen LogP contribution is -2.18. The number of hydrogen-bond donors (Lipinski definition) is 1. The van der Waals surface area contributed by atoms with E-state index in [9.17, 15) is 4.79 Å². The molecule has 6 nitrogen and oxygen atoms in total. The first kappa shape index (κ1) is 19.8. The van der Waals surface area contributed by atoms with Crippen LogP contribution in [-0.4, -0.2) is 26.9 Å². The summed E-state index contributed by atoms with van der Waals surface area (Å²) in [6.45, 7) is 0. The van der Waals surface area contributed by atoms with Gasteiger partial charge in [-0.15, -0.1) is 0 Å². The van der Waals surface area contributed by atoms with Crippen LogP contribution >= 0.6 is 23.2 Å². The molecular formula is C22H15Cl2N5O. The van der Waals surface area contributed by atoms with Crippen LogP contribution in [0.3, 0.4) is 0 Å². The number of benzene rings is 2. The number of pyridine rings is 1. The molecule has 0 aliphatic carbocycles. The summed E-state index contributed by atoms with van der Waals surface area (Å²) in [5, 5.41) is 9.45. The maximum atomic E-state index is 12.4. The van der Waals surface area contributed by atoms with Gasteiger partial charge < -0.3 is 0 Å². The Morgan fingerprint density at radius 3 is 2.67 bits per heavy atom. The third-order valence-corrected chi connectivity index (χ3v) is 4.81. The number of amides is 1. The molecular weight excluding hydrogens is 421 g/mol. The molecule has 0 saturated heterocycles. The zero-order valence-corrected chi connectivity index (χ0v) is 17.0. The molecule has 2 aromatic carbocycles. The first-order chi connectivity index (χ1) is 14.6. The van der Waals surface area contributed by atoms with Crippen LogP contribution in [0.2, 0.25) is 10.0 Å². The van der Waals surface area contributed by atoms with Gasteiger partial charge in [0.15, 0.2) is 0 Å². The molecule has 0 bridgehead atoms. The quantitative estimate of drug-likeness (QED) is 0.353. The Kier molecular flexibility index (Phi) is 5.88. The molecule has 148 valence electrons. The second-order valence-corrected chi connectivity index (χ2v) is 7.12. The highest BCUT2D eigenvalue weighted by atomic mass is 35.5. The molecule has 0 aliphatic heterocycles. The maximum Gasteiger partial charge on any atom is 0.272 e. The van der Waals surface area contributed by atoms with E-state index in [-0.39, 0.29) is 5.56 Å². The minimum atomic E-state index is -0.461. The molecule has 0 aliphatic rings. The Hall–Kier alpha value is -3.48. The third kappa shape index (κ3) is 4.40. The summed E-state index contributed by atoms with van der Waals surface area (Å²) in [7, 11) is 0. The van der Waals surface area contributed by atoms with E-state index >= 15 is 0 Å². The van der Waals surface area contributed by atoms with E-state index in [0.29, 0.717) is 21.3 Å². The number of rotatable bonds is 5. The maximum absolute atomic E-state index is 12.4. The summed E-state index contributed by atoms with van der Waals surface area (Å²) < 4.78 is 1.75. The Morgan fingerprint density at radius 1 is 1.07 bits per heavy atom. The fraction of sp³-hybridized carbons (Fsp3) is 0. The van der Waals surface area contributed by atoms with Crippen LogP contribution in [0.1, 0.15) is 15.9 Å². The molecule has 1 amide bonds. The van der Waals surface area contributed by atoms with E-state index in [4.69, 9.17) is 23.2 Å². The van der Waals surface area contributed by atoms with Crippen molar-refractivity contribution in [1.29, 1.82) is 0 Å². The Labute approximate surface area is 182 Å². The predicted molar refractivity (Wildman–Crippen MR) is 118 cm³/mol. The van der Waals surface area contributed by atoms with Gasteiger partial charge in [-0.3, -0.25) is 9.78 Å². The topological polar surface area (TPSA) is 72.2 Å². The van der Waals surface area contributed by atoms with Crippen LogP contribution in [0.25, 0.3) is 16.9 Å². The van der Waals surface area contributed by atoms with Crippen LogP contribution < -0.4 is 5.43 Å². The zero-order chi connectivity index (χ0) is 20.9. The monoisotopic (exact) mass is 435 g/mol. The van der Waals surface area contributed by atoms with Gasteiger partial charge in [0, 0.05) is 34.7 Å². The van der Waals surface area contributed by atoms with Gasteiger partial charge in [0.05, 0.1) is 22.5 Å². The second-order valence-electron chi connectivity index (χ2n) is 6.28. The van der Waals surface area contributed by atoms with Crippen molar-refractivity contribution in [2.24, 2.45) is 5.10 Å². The standard InChI is InChI=1S/C22H15Cl2N5O/c23-17-8-9-20(24)19(11-17)22(30)27-26-13-16-14-29(18-6-2-1-3-7-18)28-21(16)15-5-4-10-25-12-15/h1-14H,(H,27,30)/b26-13+. The highest BCUT2D eigenvalue weighted by Crippen LogP contribution is 2.22. The highest BCUT2D eigenvalue weighted by Gasteiger charge is 2.13. The number of para-hydroxylation sites is 1. The van der Waals surface area contributed by atoms with Crippen molar-refractivity contribution < 1.29 is 4.79 Å². The summed E-state index contributed by atoms with van der Waals surface area (Å²) in [5.41, 5.74) is 5.85. The Bertz CT molecular complexity index is 1210. The van der Waals surface area contributed by atoms with E-state index in [1.807, 2.05) is 48.7 Å². The number of hydrazone groups is 1.